The summed E-state index contributed by atoms with van der Waals surface area (Å²) in [6.07, 6.45) is 0. The number of carbonyl (C=O) groups is 1. The fraction of sp³-hybridized carbons (Fsp3) is 0.200. The van der Waals surface area contributed by atoms with Crippen molar-refractivity contribution in [2.24, 2.45) is 0 Å². The van der Waals surface area contributed by atoms with Crippen molar-refractivity contribution in [3.63, 3.8) is 0 Å². The molecular formula is C20H18O8. The smallest absolute Gasteiger partial charge is 0.338 e. The highest BCUT2D eigenvalue weighted by Crippen LogP contribution is 2.38. The number of benzene rings is 2. The van der Waals surface area contributed by atoms with Gasteiger partial charge in [0.05, 0.1) is 26.9 Å². The maximum Gasteiger partial charge on any atom is 0.338 e. The summed E-state index contributed by atoms with van der Waals surface area (Å²) in [6, 6.07) is 8.53. The van der Waals surface area contributed by atoms with E-state index in [1.165, 1.54) is 51.7 Å². The van der Waals surface area contributed by atoms with Gasteiger partial charge < -0.3 is 28.5 Å². The van der Waals surface area contributed by atoms with Gasteiger partial charge in [0.15, 0.2) is 11.5 Å². The van der Waals surface area contributed by atoms with E-state index in [1.54, 1.807) is 6.07 Å². The summed E-state index contributed by atoms with van der Waals surface area (Å²) in [4.78, 5) is 24.2. The molecule has 0 radical (unpaired) electrons. The molecule has 1 aromatic heterocycles. The summed E-state index contributed by atoms with van der Waals surface area (Å²) in [5.41, 5.74) is 0.231. The first-order chi connectivity index (χ1) is 13.5. The minimum atomic E-state index is -0.639. The summed E-state index contributed by atoms with van der Waals surface area (Å²) >= 11 is 0. The number of ether oxygens (including phenoxy) is 4. The molecule has 3 rings (SSSR count). The zero-order valence-corrected chi connectivity index (χ0v) is 15.5. The van der Waals surface area contributed by atoms with Crippen LogP contribution in [0.4, 0.5) is 0 Å². The van der Waals surface area contributed by atoms with E-state index in [4.69, 9.17) is 23.4 Å². The number of methoxy groups -OCH3 is 3. The Hall–Kier alpha value is -3.68. The van der Waals surface area contributed by atoms with Gasteiger partial charge in [0.25, 0.3) is 0 Å². The molecule has 0 saturated heterocycles. The van der Waals surface area contributed by atoms with Crippen LogP contribution >= 0.6 is 0 Å². The second-order valence-corrected chi connectivity index (χ2v) is 5.76. The number of hydrogen-bond acceptors (Lipinski definition) is 8. The van der Waals surface area contributed by atoms with E-state index in [-0.39, 0.29) is 23.5 Å². The van der Waals surface area contributed by atoms with Crippen LogP contribution in [0.15, 0.2) is 45.6 Å². The Balaban J connectivity index is 1.89. The van der Waals surface area contributed by atoms with Gasteiger partial charge in [-0.25, -0.2) is 9.59 Å². The van der Waals surface area contributed by atoms with Crippen LogP contribution < -0.4 is 19.8 Å². The lowest BCUT2D eigenvalue weighted by molar-refractivity contribution is 0.0473. The van der Waals surface area contributed by atoms with Crippen LogP contribution in [0.5, 0.6) is 23.0 Å². The van der Waals surface area contributed by atoms with Crippen molar-refractivity contribution in [1.82, 2.24) is 0 Å². The number of phenolic OH excluding ortho intramolecular Hbond substituents is 1. The summed E-state index contributed by atoms with van der Waals surface area (Å²) in [7, 11) is 4.34. The van der Waals surface area contributed by atoms with Gasteiger partial charge >= 0.3 is 11.6 Å². The lowest BCUT2D eigenvalue weighted by atomic mass is 10.1. The molecule has 0 aliphatic heterocycles. The minimum absolute atomic E-state index is 0.0396. The molecule has 1 heterocycles. The molecule has 0 aliphatic carbocycles. The van der Waals surface area contributed by atoms with Crippen molar-refractivity contribution in [3.8, 4) is 23.0 Å². The van der Waals surface area contributed by atoms with E-state index < -0.39 is 11.6 Å². The van der Waals surface area contributed by atoms with Crippen LogP contribution in [0, 0.1) is 0 Å². The summed E-state index contributed by atoms with van der Waals surface area (Å²) in [5, 5.41) is 10.1. The molecule has 0 spiro atoms. The molecule has 0 unspecified atom stereocenters. The highest BCUT2D eigenvalue weighted by Gasteiger charge is 2.18. The average Bonchev–Trinajstić information content (AvgIpc) is 2.69. The summed E-state index contributed by atoms with van der Waals surface area (Å²) in [6.45, 7) is -0.164. The number of rotatable bonds is 6. The molecule has 2 aromatic carbocycles. The third kappa shape index (κ3) is 3.71. The maximum atomic E-state index is 12.5. The molecule has 8 nitrogen and oxygen atoms in total. The van der Waals surface area contributed by atoms with Crippen molar-refractivity contribution in [1.29, 1.82) is 0 Å². The Morgan fingerprint density at radius 2 is 1.68 bits per heavy atom. The predicted octanol–water partition coefficient (Wildman–Crippen LogP) is 2.88. The molecule has 1 N–H and O–H groups in total. The van der Waals surface area contributed by atoms with Gasteiger partial charge in [0, 0.05) is 23.1 Å². The number of phenols is 1. The summed E-state index contributed by atoms with van der Waals surface area (Å²) < 4.78 is 26.1. The van der Waals surface area contributed by atoms with Gasteiger partial charge in [-0.1, -0.05) is 0 Å². The maximum absolute atomic E-state index is 12.5. The highest BCUT2D eigenvalue weighted by molar-refractivity contribution is 5.91. The topological polar surface area (TPSA) is 104 Å². The number of carbonyl (C=O) groups excluding carboxylic acids is 1. The van der Waals surface area contributed by atoms with Gasteiger partial charge in [-0.2, -0.15) is 0 Å². The van der Waals surface area contributed by atoms with Crippen LogP contribution in [-0.2, 0) is 11.3 Å². The number of esters is 1. The Labute approximate surface area is 159 Å². The molecule has 0 fully saturated rings. The fourth-order valence-electron chi connectivity index (χ4n) is 2.76. The highest BCUT2D eigenvalue weighted by atomic mass is 16.5. The average molecular weight is 386 g/mol. The summed E-state index contributed by atoms with van der Waals surface area (Å²) in [5.74, 6) is 0.305. The molecular weight excluding hydrogens is 368 g/mol. The Bertz CT molecular complexity index is 1060. The zero-order chi connectivity index (χ0) is 20.3. The molecule has 0 saturated carbocycles. The van der Waals surface area contributed by atoms with Crippen molar-refractivity contribution in [2.75, 3.05) is 21.3 Å². The largest absolute Gasteiger partial charge is 0.508 e. The quantitative estimate of drug-likeness (QED) is 0.509. The SMILES string of the molecule is COc1cc(C(=O)OCc2cc(=O)oc3cc(O)ccc23)cc(OC)c1OC. The van der Waals surface area contributed by atoms with Crippen molar-refractivity contribution >= 4 is 16.9 Å². The molecule has 0 aliphatic rings. The van der Waals surface area contributed by atoms with E-state index in [2.05, 4.69) is 0 Å². The van der Waals surface area contributed by atoms with Gasteiger partial charge in [-0.3, -0.25) is 0 Å². The fourth-order valence-corrected chi connectivity index (χ4v) is 2.76. The van der Waals surface area contributed by atoms with E-state index in [0.29, 0.717) is 28.2 Å². The second-order valence-electron chi connectivity index (χ2n) is 5.76. The molecule has 28 heavy (non-hydrogen) atoms. The van der Waals surface area contributed by atoms with Crippen molar-refractivity contribution < 1.29 is 33.3 Å². The van der Waals surface area contributed by atoms with E-state index >= 15 is 0 Å². The van der Waals surface area contributed by atoms with Gasteiger partial charge in [0.1, 0.15) is 17.9 Å². The van der Waals surface area contributed by atoms with Crippen LogP contribution in [0.25, 0.3) is 11.0 Å². The standard InChI is InChI=1S/C20H18O8/c1-24-16-6-11(7-17(25-2)19(16)26-3)20(23)27-10-12-8-18(22)28-15-9-13(21)4-5-14(12)15/h4-9,21H,10H2,1-3H3. The zero-order valence-electron chi connectivity index (χ0n) is 15.5. The first kappa shape index (κ1) is 19.1. The third-order valence-electron chi connectivity index (χ3n) is 4.07. The first-order valence-electron chi connectivity index (χ1n) is 8.19. The van der Waals surface area contributed by atoms with Gasteiger partial charge in [-0.05, 0) is 24.3 Å². The van der Waals surface area contributed by atoms with Crippen LogP contribution in [-0.4, -0.2) is 32.4 Å². The van der Waals surface area contributed by atoms with Crippen LogP contribution in [0.3, 0.4) is 0 Å². The Kier molecular flexibility index (Phi) is 5.39. The van der Waals surface area contributed by atoms with E-state index in [1.807, 2.05) is 0 Å². The molecule has 0 amide bonds. The Morgan fingerprint density at radius 3 is 2.29 bits per heavy atom. The van der Waals surface area contributed by atoms with E-state index in [9.17, 15) is 14.7 Å². The van der Waals surface area contributed by atoms with Crippen LogP contribution in [0.1, 0.15) is 15.9 Å². The third-order valence-corrected chi connectivity index (χ3v) is 4.07. The number of fused-ring (bicyclic) bond motifs is 1. The number of aromatic hydroxyl groups is 1. The van der Waals surface area contributed by atoms with E-state index in [0.717, 1.165) is 0 Å². The lowest BCUT2D eigenvalue weighted by Crippen LogP contribution is -2.09. The predicted molar refractivity (Wildman–Crippen MR) is 99.4 cm³/mol. The van der Waals surface area contributed by atoms with Gasteiger partial charge in [-0.15, -0.1) is 0 Å². The van der Waals surface area contributed by atoms with Gasteiger partial charge in [0.2, 0.25) is 5.75 Å². The monoisotopic (exact) mass is 386 g/mol. The molecule has 146 valence electrons. The second kappa shape index (κ2) is 7.91. The van der Waals surface area contributed by atoms with Crippen molar-refractivity contribution in [2.45, 2.75) is 6.61 Å². The minimum Gasteiger partial charge on any atom is -0.508 e. The molecule has 8 heteroatoms. The molecule has 3 aromatic rings. The Morgan fingerprint density at radius 1 is 1.00 bits per heavy atom. The normalized spacial score (nSPS) is 10.5. The molecule has 0 atom stereocenters. The number of hydrogen-bond donors (Lipinski definition) is 1. The molecule has 0 bridgehead atoms. The first-order valence-corrected chi connectivity index (χ1v) is 8.19. The van der Waals surface area contributed by atoms with Crippen molar-refractivity contribution in [3.05, 3.63) is 57.9 Å². The lowest BCUT2D eigenvalue weighted by Gasteiger charge is -2.14. The van der Waals surface area contributed by atoms with Crippen LogP contribution in [0.2, 0.25) is 0 Å².